The molecule has 0 spiro atoms. The van der Waals surface area contributed by atoms with Crippen LogP contribution < -0.4 is 5.19 Å². The molecule has 5 aromatic rings. The summed E-state index contributed by atoms with van der Waals surface area (Å²) in [6.45, 7) is 24.3. The molecule has 0 atom stereocenters. The standard InChI is InChI=1S/C28H29N2SSi.C13H24O2.Ir/c1-16(2)23-14-20(13-19-12-17(3)8-9-21(19)23)25-28-26(30-15-29-25)22-10-11-24(32(5,6)7)18(4)27(22)31-28;1-5-10(6-2)12(14)9-13(15)11(7-3)8-4;/h8-12,14-16H,1-7H3;9-11,14H,5-8H2,1-4H3;/q-1;;/b;12-9-;. The van der Waals surface area contributed by atoms with Crippen molar-refractivity contribution in [3.63, 3.8) is 0 Å². The minimum atomic E-state index is -1.41. The predicted octanol–water partition coefficient (Wildman–Crippen LogP) is 11.6. The van der Waals surface area contributed by atoms with Gasteiger partial charge in [0.25, 0.3) is 0 Å². The van der Waals surface area contributed by atoms with Crippen LogP contribution in [0.1, 0.15) is 89.8 Å². The first-order valence-corrected chi connectivity index (χ1v) is 21.7. The molecule has 2 heterocycles. The predicted molar refractivity (Wildman–Crippen MR) is 207 cm³/mol. The van der Waals surface area contributed by atoms with E-state index in [2.05, 4.69) is 89.8 Å². The average Bonchev–Trinajstić information content (AvgIpc) is 3.41. The molecule has 0 saturated carbocycles. The fraction of sp³-hybridized carbons (Fsp3) is 0.439. The molecule has 2 aromatic heterocycles. The van der Waals surface area contributed by atoms with E-state index in [9.17, 15) is 9.90 Å². The van der Waals surface area contributed by atoms with Crippen LogP contribution in [0, 0.1) is 31.7 Å². The van der Waals surface area contributed by atoms with Gasteiger partial charge in [-0.3, -0.25) is 9.78 Å². The first-order valence-electron chi connectivity index (χ1n) is 17.3. The van der Waals surface area contributed by atoms with Crippen LogP contribution >= 0.6 is 11.3 Å². The smallest absolute Gasteiger partial charge is 0.162 e. The number of rotatable bonds is 10. The summed E-state index contributed by atoms with van der Waals surface area (Å²) in [5.41, 5.74) is 7.13. The number of hydrogen-bond acceptors (Lipinski definition) is 5. The van der Waals surface area contributed by atoms with E-state index in [1.807, 2.05) is 39.0 Å². The zero-order valence-corrected chi connectivity index (χ0v) is 34.9. The maximum atomic E-state index is 11.7. The van der Waals surface area contributed by atoms with E-state index < -0.39 is 8.07 Å². The molecule has 1 radical (unpaired) electrons. The number of hydrogen-bond donors (Lipinski definition) is 1. The van der Waals surface area contributed by atoms with Crippen LogP contribution in [0.15, 0.2) is 54.6 Å². The van der Waals surface area contributed by atoms with Crippen LogP contribution in [-0.2, 0) is 24.9 Å². The van der Waals surface area contributed by atoms with Gasteiger partial charge in [-0.05, 0) is 51.0 Å². The van der Waals surface area contributed by atoms with Crippen LogP contribution in [0.2, 0.25) is 19.6 Å². The molecular formula is C41H53IrN2O2SSi-. The van der Waals surface area contributed by atoms with E-state index in [4.69, 9.17) is 9.97 Å². The van der Waals surface area contributed by atoms with E-state index in [0.717, 1.165) is 52.5 Å². The van der Waals surface area contributed by atoms with E-state index in [1.54, 1.807) is 6.33 Å². The summed E-state index contributed by atoms with van der Waals surface area (Å²) in [6, 6.07) is 17.2. The van der Waals surface area contributed by atoms with Crippen LogP contribution in [0.3, 0.4) is 0 Å². The number of allylic oxidation sites excluding steroid dienone is 2. The van der Waals surface area contributed by atoms with Gasteiger partial charge in [0.1, 0.15) is 6.33 Å². The molecule has 48 heavy (non-hydrogen) atoms. The molecule has 0 bridgehead atoms. The average molecular weight is 858 g/mol. The number of benzene rings is 3. The number of carbonyl (C=O) groups is 1. The maximum absolute atomic E-state index is 11.7. The molecule has 5 rings (SSSR count). The Morgan fingerprint density at radius 1 is 0.896 bits per heavy atom. The fourth-order valence-electron chi connectivity index (χ4n) is 6.59. The second-order valence-corrected chi connectivity index (χ2v) is 20.3. The van der Waals surface area contributed by atoms with Crippen molar-refractivity contribution in [2.24, 2.45) is 11.8 Å². The Balaban J connectivity index is 0.000000334. The van der Waals surface area contributed by atoms with Crippen molar-refractivity contribution in [3.8, 4) is 11.3 Å². The van der Waals surface area contributed by atoms with E-state index in [0.29, 0.717) is 5.92 Å². The number of aromatic nitrogens is 2. The zero-order valence-electron chi connectivity index (χ0n) is 30.7. The molecular weight excluding hydrogens is 805 g/mol. The monoisotopic (exact) mass is 858 g/mol. The van der Waals surface area contributed by atoms with Crippen molar-refractivity contribution in [1.29, 1.82) is 0 Å². The minimum Gasteiger partial charge on any atom is -0.512 e. The summed E-state index contributed by atoms with van der Waals surface area (Å²) in [4.78, 5) is 21.2. The molecule has 0 aliphatic carbocycles. The number of fused-ring (bicyclic) bond motifs is 4. The SMILES string of the molecule is CCC(CC)C(=O)/C=C(\O)C(CC)CC.Cc1ccc2c(C(C)C)cc(-c3ncnc4c3sc3c(C)c([Si](C)(C)C)ccc34)[c-]c2c1.[Ir]. The molecule has 0 unspecified atom stereocenters. The summed E-state index contributed by atoms with van der Waals surface area (Å²) in [5, 5.41) is 15.0. The van der Waals surface area contributed by atoms with E-state index in [-0.39, 0.29) is 43.5 Å². The second kappa shape index (κ2) is 16.8. The Morgan fingerprint density at radius 2 is 1.52 bits per heavy atom. The van der Waals surface area contributed by atoms with Crippen LogP contribution in [0.5, 0.6) is 0 Å². The quantitative estimate of drug-likeness (QED) is 0.0658. The molecule has 7 heteroatoms. The number of carbonyl (C=O) groups excluding carboxylic acids is 1. The zero-order chi connectivity index (χ0) is 34.6. The van der Waals surface area contributed by atoms with Gasteiger partial charge in [0, 0.05) is 58.5 Å². The Hall–Kier alpha value is -2.70. The number of thiophene rings is 1. The summed E-state index contributed by atoms with van der Waals surface area (Å²) in [6.07, 6.45) is 6.62. The van der Waals surface area contributed by atoms with Gasteiger partial charge in [-0.1, -0.05) is 107 Å². The third kappa shape index (κ3) is 8.53. The maximum Gasteiger partial charge on any atom is 0.162 e. The number of aryl methyl sites for hydroxylation is 2. The third-order valence-corrected chi connectivity index (χ3v) is 13.0. The number of nitrogens with zero attached hydrogens (tertiary/aromatic N) is 2. The van der Waals surface area contributed by atoms with Crippen LogP contribution in [-0.4, -0.2) is 28.9 Å². The molecule has 0 aliphatic heterocycles. The van der Waals surface area contributed by atoms with Gasteiger partial charge in [0.15, 0.2) is 5.78 Å². The normalized spacial score (nSPS) is 12.2. The molecule has 0 saturated heterocycles. The fourth-order valence-corrected chi connectivity index (χ4v) is 9.78. The second-order valence-electron chi connectivity index (χ2n) is 14.2. The Morgan fingerprint density at radius 3 is 2.10 bits per heavy atom. The van der Waals surface area contributed by atoms with Gasteiger partial charge >= 0.3 is 0 Å². The van der Waals surface area contributed by atoms with E-state index in [1.165, 1.54) is 43.4 Å². The number of ketones is 1. The van der Waals surface area contributed by atoms with Gasteiger partial charge in [0.05, 0.1) is 19.3 Å². The van der Waals surface area contributed by atoms with Crippen molar-refractivity contribution in [2.45, 2.75) is 107 Å². The van der Waals surface area contributed by atoms with E-state index >= 15 is 0 Å². The molecule has 259 valence electrons. The molecule has 3 aromatic carbocycles. The first-order chi connectivity index (χ1) is 22.2. The number of aliphatic hydroxyl groups excluding tert-OH is 1. The first kappa shape index (κ1) is 39.7. The Bertz CT molecular complexity index is 1910. The molecule has 0 amide bonds. The van der Waals surface area contributed by atoms with Gasteiger partial charge in [-0.25, -0.2) is 4.98 Å². The Labute approximate surface area is 306 Å². The summed E-state index contributed by atoms with van der Waals surface area (Å²) < 4.78 is 2.51. The van der Waals surface area contributed by atoms with Gasteiger partial charge < -0.3 is 5.11 Å². The van der Waals surface area contributed by atoms with Crippen molar-refractivity contribution in [3.05, 3.63) is 77.3 Å². The summed E-state index contributed by atoms with van der Waals surface area (Å²) in [5.74, 6) is 0.973. The third-order valence-electron chi connectivity index (χ3n) is 9.49. The van der Waals surface area contributed by atoms with Crippen molar-refractivity contribution in [2.75, 3.05) is 0 Å². The summed E-state index contributed by atoms with van der Waals surface area (Å²) >= 11 is 1.84. The van der Waals surface area contributed by atoms with Crippen LogP contribution in [0.4, 0.5) is 0 Å². The van der Waals surface area contributed by atoms with Crippen molar-refractivity contribution in [1.82, 2.24) is 9.97 Å². The largest absolute Gasteiger partial charge is 0.512 e. The van der Waals surface area contributed by atoms with Gasteiger partial charge in [-0.15, -0.1) is 40.5 Å². The summed E-state index contributed by atoms with van der Waals surface area (Å²) in [7, 11) is -1.41. The molecule has 1 N–H and O–H groups in total. The van der Waals surface area contributed by atoms with Gasteiger partial charge in [-0.2, -0.15) is 0 Å². The molecule has 4 nitrogen and oxygen atoms in total. The molecule has 0 aliphatic rings. The Kier molecular flexibility index (Phi) is 13.9. The van der Waals surface area contributed by atoms with Gasteiger partial charge in [0.2, 0.25) is 0 Å². The number of aliphatic hydroxyl groups is 1. The topological polar surface area (TPSA) is 63.1 Å². The van der Waals surface area contributed by atoms with Crippen LogP contribution in [0.25, 0.3) is 42.3 Å². The van der Waals surface area contributed by atoms with Crippen molar-refractivity contribution >= 4 is 61.5 Å². The van der Waals surface area contributed by atoms with Crippen molar-refractivity contribution < 1.29 is 30.0 Å². The molecule has 0 fully saturated rings. The minimum absolute atomic E-state index is 0.